The van der Waals surface area contributed by atoms with Gasteiger partial charge in [-0.05, 0) is 43.9 Å². The first kappa shape index (κ1) is 25.2. The van der Waals surface area contributed by atoms with Crippen molar-refractivity contribution in [1.29, 1.82) is 0 Å². The summed E-state index contributed by atoms with van der Waals surface area (Å²) in [5.74, 6) is 1.12. The Morgan fingerprint density at radius 3 is 2.63 bits per heavy atom. The van der Waals surface area contributed by atoms with Gasteiger partial charge in [0.1, 0.15) is 5.82 Å². The lowest BCUT2D eigenvalue weighted by Crippen LogP contribution is -2.32. The van der Waals surface area contributed by atoms with E-state index in [0.717, 1.165) is 57.9 Å². The molecule has 190 valence electrons. The van der Waals surface area contributed by atoms with E-state index in [1.807, 2.05) is 6.07 Å². The van der Waals surface area contributed by atoms with E-state index in [1.54, 1.807) is 19.1 Å². The number of hydrogen-bond donors (Lipinski definition) is 1. The summed E-state index contributed by atoms with van der Waals surface area (Å²) in [6.45, 7) is 11.1. The largest absolute Gasteiger partial charge is 0.381 e. The van der Waals surface area contributed by atoms with Crippen LogP contribution in [0.3, 0.4) is 0 Å². The third-order valence-corrected chi connectivity index (χ3v) is 7.87. The molecule has 1 aliphatic rings. The van der Waals surface area contributed by atoms with Gasteiger partial charge in [0, 0.05) is 38.8 Å². The molecule has 35 heavy (non-hydrogen) atoms. The molecule has 0 saturated carbocycles. The fourth-order valence-electron chi connectivity index (χ4n) is 4.33. The summed E-state index contributed by atoms with van der Waals surface area (Å²) < 4.78 is 36.2. The number of anilines is 1. The van der Waals surface area contributed by atoms with Crippen LogP contribution in [0.2, 0.25) is 0 Å². The number of benzene rings is 1. The summed E-state index contributed by atoms with van der Waals surface area (Å²) in [5, 5.41) is 6.55. The van der Waals surface area contributed by atoms with Crippen LogP contribution in [0.15, 0.2) is 30.6 Å². The lowest BCUT2D eigenvalue weighted by atomic mass is 9.94. The highest BCUT2D eigenvalue weighted by molar-refractivity contribution is 7.91. The molecule has 0 bridgehead atoms. The molecular formula is C24H34N6O4S. The number of rotatable bonds is 7. The molecule has 1 fully saturated rings. The van der Waals surface area contributed by atoms with Crippen molar-refractivity contribution < 1.29 is 17.9 Å². The monoisotopic (exact) mass is 502 g/mol. The minimum Gasteiger partial charge on any atom is -0.381 e. The van der Waals surface area contributed by atoms with Crippen molar-refractivity contribution in [2.24, 2.45) is 5.92 Å². The number of hydrogen-bond acceptors (Lipinski definition) is 6. The zero-order valence-electron chi connectivity index (χ0n) is 21.0. The Morgan fingerprint density at radius 2 is 1.97 bits per heavy atom. The maximum atomic E-state index is 13.2. The first-order chi connectivity index (χ1) is 16.5. The number of nitrogens with zero attached hydrogens (tertiary/aromatic N) is 5. The maximum Gasteiger partial charge on any atom is 0.345 e. The third-order valence-electron chi connectivity index (χ3n) is 6.29. The highest BCUT2D eigenvalue weighted by Crippen LogP contribution is 2.31. The number of carbonyl (C=O) groups is 1. The summed E-state index contributed by atoms with van der Waals surface area (Å²) in [6.07, 6.45) is 4.50. The predicted octanol–water partition coefficient (Wildman–Crippen LogP) is 2.94. The van der Waals surface area contributed by atoms with Crippen molar-refractivity contribution in [3.8, 4) is 0 Å². The molecule has 0 unspecified atom stereocenters. The Hall–Kier alpha value is -2.92. The summed E-state index contributed by atoms with van der Waals surface area (Å²) in [4.78, 5) is 17.0. The van der Waals surface area contributed by atoms with Gasteiger partial charge < -0.3 is 14.6 Å². The third kappa shape index (κ3) is 5.06. The van der Waals surface area contributed by atoms with Crippen molar-refractivity contribution in [1.82, 2.24) is 24.1 Å². The van der Waals surface area contributed by atoms with Crippen LogP contribution < -0.4 is 9.62 Å². The highest BCUT2D eigenvalue weighted by atomic mass is 32.2. The van der Waals surface area contributed by atoms with E-state index in [2.05, 4.69) is 35.8 Å². The minimum absolute atomic E-state index is 0.174. The van der Waals surface area contributed by atoms with Gasteiger partial charge in [-0.25, -0.2) is 4.98 Å². The second-order valence-corrected chi connectivity index (χ2v) is 11.8. The van der Waals surface area contributed by atoms with Crippen LogP contribution in [0.1, 0.15) is 56.7 Å². The molecule has 10 nitrogen and oxygen atoms in total. The van der Waals surface area contributed by atoms with Gasteiger partial charge in [0.2, 0.25) is 0 Å². The maximum absolute atomic E-state index is 13.2. The first-order valence-corrected chi connectivity index (χ1v) is 13.3. The Kier molecular flexibility index (Phi) is 6.92. The Bertz CT molecular complexity index is 1320. The van der Waals surface area contributed by atoms with Crippen molar-refractivity contribution in [3.05, 3.63) is 42.0 Å². The summed E-state index contributed by atoms with van der Waals surface area (Å²) in [7, 11) is -2.57. The predicted molar refractivity (Wildman–Crippen MR) is 135 cm³/mol. The van der Waals surface area contributed by atoms with Gasteiger partial charge in [-0.1, -0.05) is 20.8 Å². The molecule has 1 amide bonds. The standard InChI is InChI=1S/C24H34N6O4S/c1-6-25-22(31)18-14-26-30(16-18)35(32,33)28(5)19-7-8-21-20(13-19)27-23(24(2,3)4)29(21)15-17-9-11-34-12-10-17/h7-8,13-14,16-17H,6,9-12,15H2,1-5H3,(H,25,31). The normalized spacial score (nSPS) is 15.5. The van der Waals surface area contributed by atoms with Crippen LogP contribution in [0, 0.1) is 5.92 Å². The lowest BCUT2D eigenvalue weighted by Gasteiger charge is -2.26. The highest BCUT2D eigenvalue weighted by Gasteiger charge is 2.27. The summed E-state index contributed by atoms with van der Waals surface area (Å²) in [6, 6.07) is 5.50. The molecule has 11 heteroatoms. The van der Waals surface area contributed by atoms with E-state index < -0.39 is 10.2 Å². The van der Waals surface area contributed by atoms with Gasteiger partial charge in [-0.3, -0.25) is 9.10 Å². The quantitative estimate of drug-likeness (QED) is 0.532. The van der Waals surface area contributed by atoms with Gasteiger partial charge in [-0.15, -0.1) is 4.09 Å². The second kappa shape index (κ2) is 9.62. The molecule has 4 rings (SSSR count). The molecule has 3 aromatic rings. The molecule has 0 atom stereocenters. The Morgan fingerprint density at radius 1 is 1.26 bits per heavy atom. The molecule has 0 spiro atoms. The molecule has 1 aliphatic heterocycles. The molecule has 1 saturated heterocycles. The van der Waals surface area contributed by atoms with Crippen LogP contribution in [0.5, 0.6) is 0 Å². The van der Waals surface area contributed by atoms with E-state index in [9.17, 15) is 13.2 Å². The smallest absolute Gasteiger partial charge is 0.345 e. The van der Waals surface area contributed by atoms with Gasteiger partial charge in [-0.2, -0.15) is 13.5 Å². The number of carbonyl (C=O) groups excluding carboxylic acids is 1. The molecule has 0 radical (unpaired) electrons. The fraction of sp³-hybridized carbons (Fsp3) is 0.542. The van der Waals surface area contributed by atoms with Crippen molar-refractivity contribution >= 4 is 32.8 Å². The molecule has 1 aromatic carbocycles. The SMILES string of the molecule is CCNC(=O)c1cnn(S(=O)(=O)N(C)c2ccc3c(c2)nc(C(C)(C)C)n3CC2CCOCC2)c1. The van der Waals surface area contributed by atoms with Crippen molar-refractivity contribution in [2.75, 3.05) is 31.1 Å². The molecule has 3 heterocycles. The van der Waals surface area contributed by atoms with Crippen LogP contribution >= 0.6 is 0 Å². The Balaban J connectivity index is 1.67. The van der Waals surface area contributed by atoms with Gasteiger partial charge >= 0.3 is 10.2 Å². The average molecular weight is 503 g/mol. The number of ether oxygens (including phenoxy) is 1. The number of fused-ring (bicyclic) bond motifs is 1. The van der Waals surface area contributed by atoms with Crippen LogP contribution in [-0.4, -0.2) is 59.9 Å². The second-order valence-electron chi connectivity index (χ2n) is 9.96. The van der Waals surface area contributed by atoms with E-state index >= 15 is 0 Å². The Labute approximate surface area is 206 Å². The topological polar surface area (TPSA) is 111 Å². The number of imidazole rings is 1. The molecule has 1 N–H and O–H groups in total. The lowest BCUT2D eigenvalue weighted by molar-refractivity contribution is 0.0611. The van der Waals surface area contributed by atoms with E-state index in [1.165, 1.54) is 19.4 Å². The van der Waals surface area contributed by atoms with Gasteiger partial charge in [0.25, 0.3) is 5.91 Å². The average Bonchev–Trinajstić information content (AvgIpc) is 3.45. The number of aromatic nitrogens is 4. The minimum atomic E-state index is -4.03. The van der Waals surface area contributed by atoms with Crippen molar-refractivity contribution in [2.45, 2.75) is 52.5 Å². The van der Waals surface area contributed by atoms with E-state index in [0.29, 0.717) is 18.2 Å². The summed E-state index contributed by atoms with van der Waals surface area (Å²) >= 11 is 0. The van der Waals surface area contributed by atoms with E-state index in [-0.39, 0.29) is 16.9 Å². The zero-order chi connectivity index (χ0) is 25.4. The zero-order valence-corrected chi connectivity index (χ0v) is 21.8. The van der Waals surface area contributed by atoms with Crippen LogP contribution in [-0.2, 0) is 26.9 Å². The molecular weight excluding hydrogens is 468 g/mol. The van der Waals surface area contributed by atoms with Crippen LogP contribution in [0.25, 0.3) is 11.0 Å². The molecule has 0 aliphatic carbocycles. The summed E-state index contributed by atoms with van der Waals surface area (Å²) in [5.41, 5.74) is 2.19. The molecule has 2 aromatic heterocycles. The first-order valence-electron chi connectivity index (χ1n) is 11.9. The van der Waals surface area contributed by atoms with Gasteiger partial charge in [0.15, 0.2) is 0 Å². The van der Waals surface area contributed by atoms with E-state index in [4.69, 9.17) is 9.72 Å². The van der Waals surface area contributed by atoms with Crippen molar-refractivity contribution in [3.63, 3.8) is 0 Å². The fourth-order valence-corrected chi connectivity index (χ4v) is 5.37. The number of amides is 1. The van der Waals surface area contributed by atoms with Gasteiger partial charge in [0.05, 0.1) is 34.7 Å². The van der Waals surface area contributed by atoms with Crippen LogP contribution in [0.4, 0.5) is 5.69 Å². The number of nitrogens with one attached hydrogen (secondary N) is 1.